The Hall–Kier alpha value is -2.64. The second-order valence-corrected chi connectivity index (χ2v) is 4.16. The molecule has 1 saturated heterocycles. The summed E-state index contributed by atoms with van der Waals surface area (Å²) in [6.45, 7) is 0.414. The van der Waals surface area contributed by atoms with E-state index in [4.69, 9.17) is 9.52 Å². The number of rotatable bonds is 4. The average Bonchev–Trinajstić information content (AvgIpc) is 2.89. The third-order valence-corrected chi connectivity index (χ3v) is 2.78. The zero-order chi connectivity index (χ0) is 14.9. The van der Waals surface area contributed by atoms with Gasteiger partial charge < -0.3 is 14.8 Å². The molecule has 0 saturated carbocycles. The molecule has 2 heterocycles. The van der Waals surface area contributed by atoms with Crippen molar-refractivity contribution >= 4 is 24.0 Å². The van der Waals surface area contributed by atoms with Crippen molar-refractivity contribution in [3.63, 3.8) is 0 Å². The Labute approximate surface area is 112 Å². The van der Waals surface area contributed by atoms with Crippen molar-refractivity contribution in [2.75, 3.05) is 6.67 Å². The monoisotopic (exact) mass is 282 g/mol. The maximum atomic E-state index is 12.5. The van der Waals surface area contributed by atoms with Crippen LogP contribution in [0.4, 0.5) is 9.18 Å². The average molecular weight is 282 g/mol. The number of nitrogens with one attached hydrogen (secondary N) is 2. The Morgan fingerprint density at radius 3 is 2.75 bits per heavy atom. The molecule has 106 valence electrons. The van der Waals surface area contributed by atoms with Crippen molar-refractivity contribution in [2.45, 2.75) is 13.0 Å². The first-order valence-corrected chi connectivity index (χ1v) is 5.64. The van der Waals surface area contributed by atoms with Gasteiger partial charge in [-0.25, -0.2) is 14.0 Å². The molecule has 0 aliphatic carbocycles. The number of carboxylic acid groups (broad SMARTS) is 1. The maximum Gasteiger partial charge on any atom is 0.334 e. The smallest absolute Gasteiger partial charge is 0.334 e. The molecule has 1 fully saturated rings. The van der Waals surface area contributed by atoms with Crippen LogP contribution in [0, 0.1) is 6.92 Å². The maximum absolute atomic E-state index is 12.5. The van der Waals surface area contributed by atoms with E-state index in [1.54, 1.807) is 6.92 Å². The zero-order valence-electron chi connectivity index (χ0n) is 10.4. The van der Waals surface area contributed by atoms with E-state index in [0.717, 1.165) is 6.08 Å². The molecule has 1 aliphatic heterocycles. The van der Waals surface area contributed by atoms with Gasteiger partial charge in [-0.2, -0.15) is 0 Å². The van der Waals surface area contributed by atoms with E-state index < -0.39 is 36.2 Å². The summed E-state index contributed by atoms with van der Waals surface area (Å²) in [5.41, 5.74) is -0.0932. The summed E-state index contributed by atoms with van der Waals surface area (Å²) in [5.74, 6) is -1.47. The van der Waals surface area contributed by atoms with Crippen LogP contribution < -0.4 is 10.6 Å². The van der Waals surface area contributed by atoms with Crippen molar-refractivity contribution < 1.29 is 28.3 Å². The lowest BCUT2D eigenvalue weighted by Gasteiger charge is -2.01. The first-order valence-electron chi connectivity index (χ1n) is 5.64. The SMILES string of the molecule is Cc1oc(C2NC(=O)NC2=O)cc1/C=C(\CF)C(=O)O. The molecule has 2 rings (SSSR count). The normalized spacial score (nSPS) is 18.9. The predicted octanol–water partition coefficient (Wildman–Crippen LogP) is 0.906. The number of hydrogen-bond donors (Lipinski definition) is 3. The fourth-order valence-corrected chi connectivity index (χ4v) is 1.77. The highest BCUT2D eigenvalue weighted by atomic mass is 19.1. The molecule has 8 heteroatoms. The van der Waals surface area contributed by atoms with Gasteiger partial charge in [-0.3, -0.25) is 10.1 Å². The molecule has 0 spiro atoms. The molecule has 20 heavy (non-hydrogen) atoms. The molecule has 7 nitrogen and oxygen atoms in total. The highest BCUT2D eigenvalue weighted by Crippen LogP contribution is 2.24. The van der Waals surface area contributed by atoms with Crippen LogP contribution in [-0.2, 0) is 9.59 Å². The van der Waals surface area contributed by atoms with Gasteiger partial charge in [-0.05, 0) is 19.1 Å². The second-order valence-electron chi connectivity index (χ2n) is 4.16. The number of amides is 3. The highest BCUT2D eigenvalue weighted by Gasteiger charge is 2.33. The number of carbonyl (C=O) groups excluding carboxylic acids is 2. The molecule has 1 aromatic heterocycles. The second kappa shape index (κ2) is 5.16. The molecule has 0 bridgehead atoms. The van der Waals surface area contributed by atoms with E-state index in [1.165, 1.54) is 6.07 Å². The van der Waals surface area contributed by atoms with Gasteiger partial charge in [0.15, 0.2) is 6.04 Å². The summed E-state index contributed by atoms with van der Waals surface area (Å²) in [6.07, 6.45) is 1.12. The van der Waals surface area contributed by atoms with Crippen molar-refractivity contribution in [1.29, 1.82) is 0 Å². The van der Waals surface area contributed by atoms with Gasteiger partial charge in [0, 0.05) is 5.56 Å². The topological polar surface area (TPSA) is 109 Å². The van der Waals surface area contributed by atoms with Gasteiger partial charge in [0.2, 0.25) is 0 Å². The Kier molecular flexibility index (Phi) is 3.55. The van der Waals surface area contributed by atoms with Gasteiger partial charge in [-0.15, -0.1) is 0 Å². The lowest BCUT2D eigenvalue weighted by atomic mass is 10.1. The molecule has 1 unspecified atom stereocenters. The fraction of sp³-hybridized carbons (Fsp3) is 0.250. The quantitative estimate of drug-likeness (QED) is 0.561. The summed E-state index contributed by atoms with van der Waals surface area (Å²) in [5, 5.41) is 13.2. The molecule has 1 aromatic rings. The zero-order valence-corrected chi connectivity index (χ0v) is 10.4. The van der Waals surface area contributed by atoms with E-state index in [-0.39, 0.29) is 5.76 Å². The van der Waals surface area contributed by atoms with Crippen molar-refractivity contribution in [3.05, 3.63) is 28.7 Å². The summed E-state index contributed by atoms with van der Waals surface area (Å²) in [6, 6.07) is -0.216. The van der Waals surface area contributed by atoms with E-state index >= 15 is 0 Å². The molecular formula is C12H11FN2O5. The first kappa shape index (κ1) is 13.8. The molecule has 3 amide bonds. The number of halogens is 1. The first-order chi connectivity index (χ1) is 9.42. The minimum atomic E-state index is -1.37. The highest BCUT2D eigenvalue weighted by molar-refractivity contribution is 6.04. The van der Waals surface area contributed by atoms with Crippen molar-refractivity contribution in [1.82, 2.24) is 10.6 Å². The lowest BCUT2D eigenvalue weighted by Crippen LogP contribution is -2.22. The van der Waals surface area contributed by atoms with Crippen LogP contribution in [0.5, 0.6) is 0 Å². The van der Waals surface area contributed by atoms with Crippen LogP contribution in [0.3, 0.4) is 0 Å². The van der Waals surface area contributed by atoms with Crippen LogP contribution in [0.25, 0.3) is 6.08 Å². The molecular weight excluding hydrogens is 271 g/mol. The number of carbonyl (C=O) groups is 3. The number of alkyl halides is 1. The Balaban J connectivity index is 2.33. The van der Waals surface area contributed by atoms with Crippen LogP contribution >= 0.6 is 0 Å². The van der Waals surface area contributed by atoms with Crippen LogP contribution in [-0.4, -0.2) is 29.7 Å². The Bertz CT molecular complexity index is 619. The third kappa shape index (κ3) is 2.53. The lowest BCUT2D eigenvalue weighted by molar-refractivity contribution is -0.132. The van der Waals surface area contributed by atoms with Crippen LogP contribution in [0.2, 0.25) is 0 Å². The number of carboxylic acids is 1. The summed E-state index contributed by atoms with van der Waals surface area (Å²) < 4.78 is 17.9. The van der Waals surface area contributed by atoms with Gasteiger partial charge in [-0.1, -0.05) is 0 Å². The number of aliphatic carboxylic acids is 1. The number of furan rings is 1. The number of urea groups is 1. The van der Waals surface area contributed by atoms with E-state index in [0.29, 0.717) is 11.3 Å². The summed E-state index contributed by atoms with van der Waals surface area (Å²) >= 11 is 0. The minimum absolute atomic E-state index is 0.153. The number of aryl methyl sites for hydroxylation is 1. The van der Waals surface area contributed by atoms with E-state index in [9.17, 15) is 18.8 Å². The predicted molar refractivity (Wildman–Crippen MR) is 64.4 cm³/mol. The Morgan fingerprint density at radius 1 is 1.55 bits per heavy atom. The molecule has 1 aliphatic rings. The van der Waals surface area contributed by atoms with Crippen molar-refractivity contribution in [2.24, 2.45) is 0 Å². The number of hydrogen-bond acceptors (Lipinski definition) is 4. The van der Waals surface area contributed by atoms with Crippen molar-refractivity contribution in [3.8, 4) is 0 Å². The van der Waals surface area contributed by atoms with Crippen LogP contribution in [0.1, 0.15) is 23.1 Å². The summed E-state index contributed by atoms with van der Waals surface area (Å²) in [4.78, 5) is 33.2. The minimum Gasteiger partial charge on any atom is -0.478 e. The molecule has 3 N–H and O–H groups in total. The largest absolute Gasteiger partial charge is 0.478 e. The molecule has 0 radical (unpaired) electrons. The molecule has 1 atom stereocenters. The Morgan fingerprint density at radius 2 is 2.25 bits per heavy atom. The standard InChI is InChI=1S/C12H11FN2O5/c1-5-6(2-7(4-13)11(17)18)3-8(20-5)9-10(16)15-12(19)14-9/h2-3,9H,4H2,1H3,(H,17,18)(H2,14,15,16,19)/b7-2+. The fourth-order valence-electron chi connectivity index (χ4n) is 1.77. The third-order valence-electron chi connectivity index (χ3n) is 2.78. The summed E-state index contributed by atoms with van der Waals surface area (Å²) in [7, 11) is 0. The number of imide groups is 1. The van der Waals surface area contributed by atoms with Crippen LogP contribution in [0.15, 0.2) is 16.1 Å². The molecule has 0 aromatic carbocycles. The van der Waals surface area contributed by atoms with Gasteiger partial charge in [0.25, 0.3) is 5.91 Å². The van der Waals surface area contributed by atoms with Gasteiger partial charge >= 0.3 is 12.0 Å². The van der Waals surface area contributed by atoms with Gasteiger partial charge in [0.05, 0.1) is 5.57 Å². The van der Waals surface area contributed by atoms with E-state index in [1.807, 2.05) is 5.32 Å². The van der Waals surface area contributed by atoms with Gasteiger partial charge in [0.1, 0.15) is 18.2 Å². The van der Waals surface area contributed by atoms with E-state index in [2.05, 4.69) is 5.32 Å².